The molecule has 0 fully saturated rings. The summed E-state index contributed by atoms with van der Waals surface area (Å²) in [6.45, 7) is 9.03. The van der Waals surface area contributed by atoms with Gasteiger partial charge in [0.25, 0.3) is 0 Å². The van der Waals surface area contributed by atoms with Crippen LogP contribution in [0.4, 0.5) is 0 Å². The van der Waals surface area contributed by atoms with Crippen molar-refractivity contribution in [3.8, 4) is 17.1 Å². The van der Waals surface area contributed by atoms with E-state index >= 15 is 0 Å². The third-order valence-electron chi connectivity index (χ3n) is 7.83. The smallest absolute Gasteiger partial charge is 0.148 e. The molecule has 0 saturated carbocycles. The van der Waals surface area contributed by atoms with Crippen LogP contribution in [0.1, 0.15) is 50.7 Å². The van der Waals surface area contributed by atoms with Gasteiger partial charge >= 0.3 is 0 Å². The Kier molecular flexibility index (Phi) is 5.16. The molecule has 38 heavy (non-hydrogen) atoms. The Labute approximate surface area is 222 Å². The van der Waals surface area contributed by atoms with Gasteiger partial charge in [-0.25, -0.2) is 4.98 Å². The van der Waals surface area contributed by atoms with Crippen LogP contribution in [0, 0.1) is 0 Å². The predicted molar refractivity (Wildman–Crippen MR) is 159 cm³/mol. The third-order valence-corrected chi connectivity index (χ3v) is 7.83. The van der Waals surface area contributed by atoms with Gasteiger partial charge in [-0.1, -0.05) is 94.4 Å². The van der Waals surface area contributed by atoms with E-state index in [2.05, 4.69) is 123 Å². The molecule has 0 radical (unpaired) electrons. The maximum atomic E-state index is 6.66. The molecule has 0 unspecified atom stereocenters. The van der Waals surface area contributed by atoms with Crippen LogP contribution in [0.15, 0.2) is 102 Å². The molecule has 7 rings (SSSR count). The maximum absolute atomic E-state index is 6.66. The Balaban J connectivity index is 1.50. The summed E-state index contributed by atoms with van der Waals surface area (Å²) in [5.41, 5.74) is 6.67. The molecular weight excluding hydrogens is 464 g/mol. The van der Waals surface area contributed by atoms with E-state index in [1.54, 1.807) is 0 Å². The monoisotopic (exact) mass is 494 g/mol. The first kappa shape index (κ1) is 22.8. The highest BCUT2D eigenvalue weighted by Gasteiger charge is 2.21. The molecule has 0 saturated heterocycles. The maximum Gasteiger partial charge on any atom is 0.148 e. The van der Waals surface area contributed by atoms with Crippen molar-refractivity contribution in [2.45, 2.75) is 39.5 Å². The van der Waals surface area contributed by atoms with Gasteiger partial charge in [0.15, 0.2) is 0 Å². The van der Waals surface area contributed by atoms with Crippen LogP contribution < -0.4 is 0 Å². The quantitative estimate of drug-likeness (QED) is 0.228. The lowest BCUT2D eigenvalue weighted by Crippen LogP contribution is -2.07. The van der Waals surface area contributed by atoms with E-state index in [-0.39, 0.29) is 0 Å². The largest absolute Gasteiger partial charge is 0.455 e. The summed E-state index contributed by atoms with van der Waals surface area (Å²) in [5, 5.41) is 7.16. The lowest BCUT2D eigenvalue weighted by atomic mass is 9.92. The highest BCUT2D eigenvalue weighted by Crippen LogP contribution is 2.40. The van der Waals surface area contributed by atoms with Crippen molar-refractivity contribution in [3.05, 3.63) is 108 Å². The van der Waals surface area contributed by atoms with E-state index < -0.39 is 0 Å². The highest BCUT2D eigenvalue weighted by molar-refractivity contribution is 6.17. The minimum Gasteiger partial charge on any atom is -0.455 e. The standard InChI is InChI=1S/C35H30N2O/c1-21(2)25-11-7-12-26(22(3)4)33(25)37-18-17-36-35(37)29-14-8-13-28-31-19-24-16-15-23-9-5-6-10-27(23)30(24)20-32(31)38-34(28)29/h5-22H,1-4H3. The minimum atomic E-state index is 0.392. The Morgan fingerprint density at radius 3 is 2.16 bits per heavy atom. The molecule has 3 heteroatoms. The van der Waals surface area contributed by atoms with Crippen molar-refractivity contribution in [2.75, 3.05) is 0 Å². The van der Waals surface area contributed by atoms with Crippen LogP contribution >= 0.6 is 0 Å². The molecule has 0 N–H and O–H groups in total. The number of para-hydroxylation sites is 2. The van der Waals surface area contributed by atoms with Gasteiger partial charge in [0.2, 0.25) is 0 Å². The van der Waals surface area contributed by atoms with Gasteiger partial charge in [-0.05, 0) is 62.7 Å². The van der Waals surface area contributed by atoms with E-state index in [0.717, 1.165) is 33.3 Å². The number of imidazole rings is 1. The summed E-state index contributed by atoms with van der Waals surface area (Å²) < 4.78 is 8.92. The number of fused-ring (bicyclic) bond motifs is 6. The third kappa shape index (κ3) is 3.39. The van der Waals surface area contributed by atoms with E-state index in [1.165, 1.54) is 38.4 Å². The zero-order chi connectivity index (χ0) is 26.0. The van der Waals surface area contributed by atoms with E-state index in [1.807, 2.05) is 6.20 Å². The zero-order valence-corrected chi connectivity index (χ0v) is 22.2. The van der Waals surface area contributed by atoms with Crippen LogP contribution in [0.3, 0.4) is 0 Å². The second-order valence-electron chi connectivity index (χ2n) is 10.9. The number of hydrogen-bond donors (Lipinski definition) is 0. The molecule has 2 aromatic heterocycles. The number of furan rings is 1. The van der Waals surface area contributed by atoms with Crippen LogP contribution in [0.25, 0.3) is 60.6 Å². The van der Waals surface area contributed by atoms with E-state index in [4.69, 9.17) is 9.40 Å². The van der Waals surface area contributed by atoms with Crippen molar-refractivity contribution in [2.24, 2.45) is 0 Å². The molecule has 0 aliphatic rings. The van der Waals surface area contributed by atoms with Crippen LogP contribution in [0.2, 0.25) is 0 Å². The van der Waals surface area contributed by atoms with Crippen molar-refractivity contribution in [1.82, 2.24) is 9.55 Å². The Hall–Kier alpha value is -4.37. The second kappa shape index (κ2) is 8.59. The topological polar surface area (TPSA) is 31.0 Å². The first-order valence-corrected chi connectivity index (χ1v) is 13.4. The SMILES string of the molecule is CC(C)c1cccc(C(C)C)c1-n1ccnc1-c1cccc2c1oc1cc3c(ccc4ccccc43)cc12. The van der Waals surface area contributed by atoms with Crippen molar-refractivity contribution in [3.63, 3.8) is 0 Å². The van der Waals surface area contributed by atoms with Gasteiger partial charge in [-0.15, -0.1) is 0 Å². The number of nitrogens with zero attached hydrogens (tertiary/aromatic N) is 2. The van der Waals surface area contributed by atoms with Crippen LogP contribution in [0.5, 0.6) is 0 Å². The fourth-order valence-corrected chi connectivity index (χ4v) is 5.95. The van der Waals surface area contributed by atoms with Gasteiger partial charge in [-0.3, -0.25) is 4.57 Å². The number of aromatic nitrogens is 2. The summed E-state index contributed by atoms with van der Waals surface area (Å²) in [5.74, 6) is 1.69. The predicted octanol–water partition coefficient (Wildman–Crippen LogP) is 9.99. The van der Waals surface area contributed by atoms with Crippen molar-refractivity contribution >= 4 is 43.5 Å². The van der Waals surface area contributed by atoms with Crippen molar-refractivity contribution < 1.29 is 4.42 Å². The molecule has 186 valence electrons. The molecule has 3 nitrogen and oxygen atoms in total. The first-order chi connectivity index (χ1) is 18.5. The Morgan fingerprint density at radius 2 is 1.37 bits per heavy atom. The molecule has 0 atom stereocenters. The summed E-state index contributed by atoms with van der Waals surface area (Å²) in [7, 11) is 0. The molecule has 0 aliphatic carbocycles. The summed E-state index contributed by atoms with van der Waals surface area (Å²) in [6.07, 6.45) is 3.99. The number of hydrogen-bond acceptors (Lipinski definition) is 2. The van der Waals surface area contributed by atoms with Gasteiger partial charge in [0, 0.05) is 23.2 Å². The number of benzene rings is 5. The summed E-state index contributed by atoms with van der Waals surface area (Å²) in [4.78, 5) is 4.88. The minimum absolute atomic E-state index is 0.392. The van der Waals surface area contributed by atoms with Gasteiger partial charge in [0.1, 0.15) is 17.0 Å². The molecule has 5 aromatic carbocycles. The van der Waals surface area contributed by atoms with E-state index in [9.17, 15) is 0 Å². The van der Waals surface area contributed by atoms with Gasteiger partial charge in [-0.2, -0.15) is 0 Å². The second-order valence-corrected chi connectivity index (χ2v) is 10.9. The highest BCUT2D eigenvalue weighted by atomic mass is 16.3. The average Bonchev–Trinajstić information content (AvgIpc) is 3.56. The fraction of sp³-hybridized carbons (Fsp3) is 0.171. The molecule has 0 bridgehead atoms. The fourth-order valence-electron chi connectivity index (χ4n) is 5.95. The van der Waals surface area contributed by atoms with Crippen molar-refractivity contribution in [1.29, 1.82) is 0 Å². The van der Waals surface area contributed by atoms with E-state index in [0.29, 0.717) is 11.8 Å². The number of rotatable bonds is 4. The van der Waals surface area contributed by atoms with Crippen LogP contribution in [-0.4, -0.2) is 9.55 Å². The lowest BCUT2D eigenvalue weighted by molar-refractivity contribution is 0.670. The Morgan fingerprint density at radius 1 is 0.658 bits per heavy atom. The molecule has 0 aliphatic heterocycles. The molecule has 0 amide bonds. The lowest BCUT2D eigenvalue weighted by Gasteiger charge is -2.21. The zero-order valence-electron chi connectivity index (χ0n) is 22.2. The van der Waals surface area contributed by atoms with Crippen LogP contribution in [-0.2, 0) is 0 Å². The summed E-state index contributed by atoms with van der Waals surface area (Å²) in [6, 6.07) is 30.5. The summed E-state index contributed by atoms with van der Waals surface area (Å²) >= 11 is 0. The average molecular weight is 495 g/mol. The molecule has 2 heterocycles. The normalized spacial score (nSPS) is 12.2. The molecule has 0 spiro atoms. The molecular formula is C35H30N2O. The van der Waals surface area contributed by atoms with Gasteiger partial charge in [0.05, 0.1) is 11.3 Å². The Bertz CT molecular complexity index is 1960. The molecule has 7 aromatic rings. The first-order valence-electron chi connectivity index (χ1n) is 13.4. The van der Waals surface area contributed by atoms with Gasteiger partial charge < -0.3 is 4.42 Å².